The Morgan fingerprint density at radius 2 is 0.939 bits per heavy atom. The number of ketones is 2. The summed E-state index contributed by atoms with van der Waals surface area (Å²) >= 11 is 25.3. The van der Waals surface area contributed by atoms with Crippen molar-refractivity contribution in [2.24, 2.45) is 20.5 Å². The van der Waals surface area contributed by atoms with E-state index in [1.54, 1.807) is 62.4 Å². The number of carbonyl (C=O) groups is 6. The molecule has 0 aliphatic heterocycles. The van der Waals surface area contributed by atoms with Gasteiger partial charge in [0.2, 0.25) is 12.1 Å². The fraction of sp³-hybridized carbons (Fsp3) is 0.217. The van der Waals surface area contributed by atoms with Crippen LogP contribution in [0.5, 0.6) is 11.5 Å². The van der Waals surface area contributed by atoms with E-state index in [0.29, 0.717) is 22.5 Å². The second-order valence-electron chi connectivity index (χ2n) is 14.3. The van der Waals surface area contributed by atoms with Crippen LogP contribution in [0.1, 0.15) is 70.3 Å². The topological polar surface area (TPSA) is 218 Å². The Kier molecular flexibility index (Phi) is 17.5. The summed E-state index contributed by atoms with van der Waals surface area (Å²) in [6.45, 7) is 5.82. The fourth-order valence-electron chi connectivity index (χ4n) is 6.15. The molecule has 20 heteroatoms. The van der Waals surface area contributed by atoms with Crippen molar-refractivity contribution in [2.45, 2.75) is 50.5 Å². The molecule has 5 aromatic carbocycles. The van der Waals surface area contributed by atoms with Gasteiger partial charge in [-0.3, -0.25) is 28.8 Å². The van der Waals surface area contributed by atoms with Gasteiger partial charge in [0.1, 0.15) is 28.6 Å². The van der Waals surface area contributed by atoms with Gasteiger partial charge in [0.25, 0.3) is 23.6 Å². The minimum atomic E-state index is -1.70. The number of para-hydroxylation sites is 2. The van der Waals surface area contributed by atoms with Crippen molar-refractivity contribution in [1.82, 2.24) is 0 Å². The Hall–Kier alpha value is -6.72. The van der Waals surface area contributed by atoms with E-state index in [-0.39, 0.29) is 66.2 Å². The quantitative estimate of drug-likeness (QED) is 0.0375. The summed E-state index contributed by atoms with van der Waals surface area (Å²) in [4.78, 5) is 78.9. The van der Waals surface area contributed by atoms with Gasteiger partial charge in [-0.15, -0.1) is 23.2 Å². The molecule has 16 nitrogen and oxygen atoms in total. The Balaban J connectivity index is 1.31. The number of methoxy groups -OCH3 is 2. The number of nitrogens with one attached hydrogen (secondary N) is 4. The number of amides is 4. The summed E-state index contributed by atoms with van der Waals surface area (Å²) < 4.78 is 11.0. The average Bonchev–Trinajstić information content (AvgIpc) is 3.27. The van der Waals surface area contributed by atoms with Crippen LogP contribution in [0, 0.1) is 0 Å². The molecule has 0 saturated carbocycles. The van der Waals surface area contributed by atoms with E-state index >= 15 is 0 Å². The van der Waals surface area contributed by atoms with Crippen LogP contribution in [-0.2, 0) is 19.2 Å². The molecule has 4 unspecified atom stereocenters. The van der Waals surface area contributed by atoms with Gasteiger partial charge in [0.15, 0.2) is 11.6 Å². The van der Waals surface area contributed by atoms with Crippen LogP contribution in [0.3, 0.4) is 0 Å². The molecule has 0 bridgehead atoms. The third-order valence-corrected chi connectivity index (χ3v) is 10.7. The van der Waals surface area contributed by atoms with Crippen molar-refractivity contribution < 1.29 is 38.2 Å². The maximum Gasteiger partial charge on any atom is 0.259 e. The van der Waals surface area contributed by atoms with Gasteiger partial charge in [0.05, 0.1) is 35.0 Å². The lowest BCUT2D eigenvalue weighted by atomic mass is 10.1. The Morgan fingerprint density at radius 3 is 1.32 bits per heavy atom. The highest BCUT2D eigenvalue weighted by Gasteiger charge is 2.28. The van der Waals surface area contributed by atoms with Crippen LogP contribution < -0.4 is 30.7 Å². The Morgan fingerprint density at radius 1 is 0.545 bits per heavy atom. The molecule has 0 radical (unpaired) electrons. The first-order chi connectivity index (χ1) is 31.4. The predicted octanol–water partition coefficient (Wildman–Crippen LogP) is 11.5. The van der Waals surface area contributed by atoms with Gasteiger partial charge in [0, 0.05) is 40.3 Å². The van der Waals surface area contributed by atoms with Crippen LogP contribution >= 0.6 is 46.4 Å². The first kappa shape index (κ1) is 50.3. The molecule has 5 rings (SSSR count). The fourth-order valence-corrected chi connectivity index (χ4v) is 6.84. The first-order valence-electron chi connectivity index (χ1n) is 19.8. The minimum Gasteiger partial charge on any atom is -0.494 e. The maximum absolute atomic E-state index is 13.6. The molecule has 0 aliphatic carbocycles. The molecule has 66 heavy (non-hydrogen) atoms. The molecule has 4 atom stereocenters. The highest BCUT2D eigenvalue weighted by atomic mass is 35.5. The van der Waals surface area contributed by atoms with Gasteiger partial charge in [-0.05, 0) is 87.4 Å². The van der Waals surface area contributed by atoms with Gasteiger partial charge in [-0.2, -0.15) is 20.5 Å². The van der Waals surface area contributed by atoms with Crippen molar-refractivity contribution >= 4 is 116 Å². The van der Waals surface area contributed by atoms with E-state index in [9.17, 15) is 28.8 Å². The lowest BCUT2D eigenvalue weighted by Crippen LogP contribution is -2.32. The lowest BCUT2D eigenvalue weighted by molar-refractivity contribution is -0.127. The molecule has 0 spiro atoms. The van der Waals surface area contributed by atoms with Crippen molar-refractivity contribution in [3.63, 3.8) is 0 Å². The number of anilines is 4. The lowest BCUT2D eigenvalue weighted by Gasteiger charge is -2.18. The van der Waals surface area contributed by atoms with Crippen LogP contribution in [0.2, 0.25) is 10.0 Å². The van der Waals surface area contributed by atoms with Crippen LogP contribution in [0.25, 0.3) is 0 Å². The van der Waals surface area contributed by atoms with Gasteiger partial charge in [-0.25, -0.2) is 0 Å². The number of benzene rings is 5. The summed E-state index contributed by atoms with van der Waals surface area (Å²) in [6, 6.07) is 21.8. The first-order valence-corrected chi connectivity index (χ1v) is 21.4. The number of halogens is 4. The standard InChI is InChI=1S/C46H42Cl4N8O8/c1-23(47)30-11-7-9-13-34(30)52-43(61)27-15-17-32(49)36(19-27)55-57-40(25(3)59)45(63)51-29-21-38(65-5)42(39(22-29)66-6)54-46(64)41(26(4)60)58-56-37-20-28(16-18-33(37)50)44(62)53-35-14-10-8-12-31(35)24(2)48/h7-24,40-41H,1-6H3,(H,51,63)(H,52,61)(H,53,62)(H,54,64). The van der Waals surface area contributed by atoms with Crippen LogP contribution in [0.4, 0.5) is 34.1 Å². The third-order valence-electron chi connectivity index (χ3n) is 9.54. The monoisotopic (exact) mass is 974 g/mol. The number of rotatable bonds is 18. The molecule has 342 valence electrons. The molecule has 0 aromatic heterocycles. The zero-order valence-corrected chi connectivity index (χ0v) is 39.1. The summed E-state index contributed by atoms with van der Waals surface area (Å²) in [5, 5.41) is 26.2. The number of azo groups is 2. The van der Waals surface area contributed by atoms with Gasteiger partial charge in [-0.1, -0.05) is 59.6 Å². The molecule has 0 fully saturated rings. The smallest absolute Gasteiger partial charge is 0.259 e. The second-order valence-corrected chi connectivity index (χ2v) is 16.5. The van der Waals surface area contributed by atoms with Crippen LogP contribution in [-0.4, -0.2) is 61.5 Å². The molecule has 0 heterocycles. The zero-order valence-electron chi connectivity index (χ0n) is 36.1. The Bertz CT molecular complexity index is 2720. The number of hydrogen-bond donors (Lipinski definition) is 4. The highest BCUT2D eigenvalue weighted by molar-refractivity contribution is 6.33. The molecule has 0 aliphatic rings. The van der Waals surface area contributed by atoms with Gasteiger partial charge < -0.3 is 30.7 Å². The SMILES string of the molecule is COc1cc(NC(=O)C(N=Nc2cc(C(=O)Nc3ccccc3C(C)Cl)ccc2Cl)C(C)=O)cc(OC)c1NC(=O)C(N=Nc1cc(C(=O)Nc2ccccc2C(C)Cl)ccc1Cl)C(C)=O. The van der Waals surface area contributed by atoms with E-state index in [1.165, 1.54) is 62.8 Å². The number of ether oxygens (including phenoxy) is 2. The van der Waals surface area contributed by atoms with E-state index in [4.69, 9.17) is 55.9 Å². The molecule has 5 aromatic rings. The molecular formula is C46H42Cl4N8O8. The van der Waals surface area contributed by atoms with Gasteiger partial charge >= 0.3 is 0 Å². The number of carbonyl (C=O) groups excluding carboxylic acids is 6. The minimum absolute atomic E-state index is 0.0000815. The number of alkyl halides is 2. The zero-order chi connectivity index (χ0) is 48.2. The summed E-state index contributed by atoms with van der Waals surface area (Å²) in [5.74, 6) is -4.28. The molecule has 4 N–H and O–H groups in total. The molecule has 0 saturated heterocycles. The van der Waals surface area contributed by atoms with Crippen molar-refractivity contribution in [2.75, 3.05) is 35.5 Å². The van der Waals surface area contributed by atoms with E-state index in [1.807, 2.05) is 0 Å². The predicted molar refractivity (Wildman–Crippen MR) is 255 cm³/mol. The number of Topliss-reactive ketones (excluding diaryl/α,β-unsaturated/α-hetero) is 2. The van der Waals surface area contributed by atoms with E-state index < -0.39 is 47.3 Å². The molecular weight excluding hydrogens is 934 g/mol. The number of hydrogen-bond acceptors (Lipinski definition) is 12. The van der Waals surface area contributed by atoms with Crippen molar-refractivity contribution in [1.29, 1.82) is 0 Å². The van der Waals surface area contributed by atoms with E-state index in [0.717, 1.165) is 13.8 Å². The second kappa shape index (κ2) is 22.9. The van der Waals surface area contributed by atoms with Crippen molar-refractivity contribution in [3.8, 4) is 11.5 Å². The largest absolute Gasteiger partial charge is 0.494 e. The Labute approximate surface area is 399 Å². The average molecular weight is 977 g/mol. The normalized spacial score (nSPS) is 13.0. The summed E-state index contributed by atoms with van der Waals surface area (Å²) in [6.07, 6.45) is 0. The summed E-state index contributed by atoms with van der Waals surface area (Å²) in [7, 11) is 2.56. The number of nitrogens with zero attached hydrogens (tertiary/aromatic N) is 4. The highest BCUT2D eigenvalue weighted by Crippen LogP contribution is 2.39. The summed E-state index contributed by atoms with van der Waals surface area (Å²) in [5.41, 5.74) is 2.77. The van der Waals surface area contributed by atoms with Crippen LogP contribution in [0.15, 0.2) is 118 Å². The van der Waals surface area contributed by atoms with Crippen molar-refractivity contribution in [3.05, 3.63) is 129 Å². The maximum atomic E-state index is 13.6. The molecule has 4 amide bonds. The van der Waals surface area contributed by atoms with E-state index in [2.05, 4.69) is 41.7 Å². The third kappa shape index (κ3) is 12.8.